The van der Waals surface area contributed by atoms with E-state index >= 15 is 0 Å². The van der Waals surface area contributed by atoms with Gasteiger partial charge in [-0.15, -0.1) is 10.0 Å². The Balaban J connectivity index is 2.01. The van der Waals surface area contributed by atoms with Gasteiger partial charge >= 0.3 is 0 Å². The van der Waals surface area contributed by atoms with Crippen LogP contribution in [0.4, 0.5) is 0 Å². The highest BCUT2D eigenvalue weighted by molar-refractivity contribution is 8.34. The van der Waals surface area contributed by atoms with Crippen molar-refractivity contribution < 1.29 is 0 Å². The van der Waals surface area contributed by atoms with Crippen molar-refractivity contribution in [1.82, 2.24) is 0 Å². The van der Waals surface area contributed by atoms with Gasteiger partial charge < -0.3 is 0 Å². The molecular formula is C25H20S. The molecule has 4 aromatic carbocycles. The molecule has 1 aliphatic heterocycles. The van der Waals surface area contributed by atoms with Gasteiger partial charge in [0.25, 0.3) is 0 Å². The summed E-state index contributed by atoms with van der Waals surface area (Å²) in [5.74, 6) is 0. The Bertz CT molecular complexity index is 1040. The van der Waals surface area contributed by atoms with Crippen LogP contribution in [-0.4, -0.2) is 0 Å². The van der Waals surface area contributed by atoms with E-state index in [2.05, 4.69) is 110 Å². The summed E-state index contributed by atoms with van der Waals surface area (Å²) < 4.78 is 0. The van der Waals surface area contributed by atoms with E-state index < -0.39 is 10.0 Å². The molecule has 0 spiro atoms. The first-order valence-electron chi connectivity index (χ1n) is 8.96. The van der Waals surface area contributed by atoms with E-state index in [0.29, 0.717) is 0 Å². The summed E-state index contributed by atoms with van der Waals surface area (Å²) in [4.78, 5) is 5.78. The molecule has 0 N–H and O–H groups in total. The fourth-order valence-corrected chi connectivity index (χ4v) is 8.66. The number of benzene rings is 4. The Morgan fingerprint density at radius 2 is 1.04 bits per heavy atom. The van der Waals surface area contributed by atoms with E-state index in [-0.39, 0.29) is 0 Å². The van der Waals surface area contributed by atoms with Crippen LogP contribution in [-0.2, 0) is 0 Å². The summed E-state index contributed by atoms with van der Waals surface area (Å²) in [5.41, 5.74) is 4.15. The van der Waals surface area contributed by atoms with Crippen LogP contribution < -0.4 is 0 Å². The SMILES string of the molecule is Cc1cccc2c1S(c1ccccc1)(c1ccccc1)c1ccccc1-2. The van der Waals surface area contributed by atoms with Crippen molar-refractivity contribution in [2.75, 3.05) is 0 Å². The third-order valence-corrected chi connectivity index (χ3v) is 9.35. The maximum Gasteiger partial charge on any atom is 0.0131 e. The molecule has 0 bridgehead atoms. The smallest absolute Gasteiger partial charge is 0.0131 e. The van der Waals surface area contributed by atoms with Crippen LogP contribution in [0.5, 0.6) is 0 Å². The second-order valence-electron chi connectivity index (χ2n) is 6.69. The third-order valence-electron chi connectivity index (χ3n) is 5.22. The lowest BCUT2D eigenvalue weighted by Crippen LogP contribution is -2.03. The predicted molar refractivity (Wildman–Crippen MR) is 110 cm³/mol. The second kappa shape index (κ2) is 5.89. The summed E-state index contributed by atoms with van der Waals surface area (Å²) in [6.45, 7) is 2.26. The van der Waals surface area contributed by atoms with Crippen LogP contribution in [0, 0.1) is 6.92 Å². The summed E-state index contributed by atoms with van der Waals surface area (Å²) in [6.07, 6.45) is 0. The number of aryl methyl sites for hydroxylation is 1. The van der Waals surface area contributed by atoms with Crippen molar-refractivity contribution in [3.05, 3.63) is 109 Å². The Morgan fingerprint density at radius 3 is 1.69 bits per heavy atom. The highest BCUT2D eigenvalue weighted by atomic mass is 32.3. The Morgan fingerprint density at radius 1 is 0.500 bits per heavy atom. The fraction of sp³-hybridized carbons (Fsp3) is 0.0400. The van der Waals surface area contributed by atoms with Crippen molar-refractivity contribution in [3.63, 3.8) is 0 Å². The monoisotopic (exact) mass is 352 g/mol. The van der Waals surface area contributed by atoms with Crippen LogP contribution in [0.15, 0.2) is 123 Å². The van der Waals surface area contributed by atoms with Crippen molar-refractivity contribution in [2.45, 2.75) is 26.5 Å². The minimum absolute atomic E-state index is 1.38. The minimum Gasteiger partial charge on any atom is -0.131 e. The van der Waals surface area contributed by atoms with Crippen LogP contribution in [0.3, 0.4) is 0 Å². The Labute approximate surface area is 156 Å². The number of hydrogen-bond acceptors (Lipinski definition) is 0. The van der Waals surface area contributed by atoms with E-state index in [1.807, 2.05) is 0 Å². The minimum atomic E-state index is -1.47. The lowest BCUT2D eigenvalue weighted by atomic mass is 10.0. The highest BCUT2D eigenvalue weighted by Gasteiger charge is 2.42. The lowest BCUT2D eigenvalue weighted by Gasteiger charge is -2.40. The van der Waals surface area contributed by atoms with E-state index in [9.17, 15) is 0 Å². The zero-order valence-electron chi connectivity index (χ0n) is 14.7. The topological polar surface area (TPSA) is 0 Å². The Kier molecular flexibility index (Phi) is 3.51. The summed E-state index contributed by atoms with van der Waals surface area (Å²) >= 11 is 0. The summed E-state index contributed by atoms with van der Waals surface area (Å²) in [5, 5.41) is 0. The van der Waals surface area contributed by atoms with Gasteiger partial charge in [-0.05, 0) is 53.9 Å². The first-order valence-corrected chi connectivity index (χ1v) is 10.6. The van der Waals surface area contributed by atoms with Crippen molar-refractivity contribution in [2.24, 2.45) is 0 Å². The maximum absolute atomic E-state index is 2.34. The van der Waals surface area contributed by atoms with E-state index in [0.717, 1.165) is 0 Å². The molecule has 0 amide bonds. The molecule has 5 rings (SSSR count). The van der Waals surface area contributed by atoms with E-state index in [1.54, 1.807) is 0 Å². The molecule has 0 nitrogen and oxygen atoms in total. The van der Waals surface area contributed by atoms with Gasteiger partial charge in [-0.25, -0.2) is 0 Å². The van der Waals surface area contributed by atoms with E-state index in [1.165, 1.54) is 36.3 Å². The molecule has 4 aromatic rings. The first kappa shape index (κ1) is 15.5. The third kappa shape index (κ3) is 1.98. The normalized spacial score (nSPS) is 15.1. The standard InChI is InChI=1S/C25H20S/c1-19-11-10-17-23-22-16-8-9-18-24(22)26(25(19)23,20-12-4-2-5-13-20)21-14-6-3-7-15-21/h2-18H,1H3. The molecule has 1 heterocycles. The molecule has 0 aliphatic carbocycles. The van der Waals surface area contributed by atoms with Gasteiger partial charge in [0.15, 0.2) is 0 Å². The van der Waals surface area contributed by atoms with Crippen molar-refractivity contribution in [3.8, 4) is 11.1 Å². The second-order valence-corrected chi connectivity index (χ2v) is 9.70. The van der Waals surface area contributed by atoms with Gasteiger partial charge in [0.05, 0.1) is 0 Å². The van der Waals surface area contributed by atoms with Gasteiger partial charge in [-0.2, -0.15) is 0 Å². The number of fused-ring (bicyclic) bond motifs is 3. The number of hydrogen-bond donors (Lipinski definition) is 0. The fourth-order valence-electron chi connectivity index (χ4n) is 4.21. The average Bonchev–Trinajstić information content (AvgIpc) is 3.02. The molecular weight excluding hydrogens is 332 g/mol. The van der Waals surface area contributed by atoms with Crippen LogP contribution in [0.25, 0.3) is 11.1 Å². The zero-order chi connectivity index (χ0) is 17.6. The summed E-state index contributed by atoms with van der Waals surface area (Å²) in [6, 6.07) is 37.9. The molecule has 0 radical (unpaired) electrons. The maximum atomic E-state index is 2.34. The zero-order valence-corrected chi connectivity index (χ0v) is 15.5. The molecule has 0 aromatic heterocycles. The average molecular weight is 353 g/mol. The molecule has 126 valence electrons. The molecule has 0 unspecified atom stereocenters. The van der Waals surface area contributed by atoms with Crippen molar-refractivity contribution in [1.29, 1.82) is 0 Å². The molecule has 1 heteroatoms. The number of rotatable bonds is 2. The molecule has 0 saturated carbocycles. The van der Waals surface area contributed by atoms with Crippen LogP contribution >= 0.6 is 10.0 Å². The Hall–Kier alpha value is -2.77. The van der Waals surface area contributed by atoms with Gasteiger partial charge in [-0.1, -0.05) is 72.8 Å². The molecule has 0 fully saturated rings. The van der Waals surface area contributed by atoms with Gasteiger partial charge in [-0.3, -0.25) is 0 Å². The molecule has 0 atom stereocenters. The van der Waals surface area contributed by atoms with Gasteiger partial charge in [0.1, 0.15) is 0 Å². The van der Waals surface area contributed by atoms with Gasteiger partial charge in [0.2, 0.25) is 0 Å². The van der Waals surface area contributed by atoms with Crippen molar-refractivity contribution >= 4 is 10.0 Å². The predicted octanol–water partition coefficient (Wildman–Crippen LogP) is 7.32. The summed E-state index contributed by atoms with van der Waals surface area (Å²) in [7, 11) is -1.47. The molecule has 1 aliphatic rings. The largest absolute Gasteiger partial charge is 0.131 e. The highest BCUT2D eigenvalue weighted by Crippen LogP contribution is 2.80. The van der Waals surface area contributed by atoms with Gasteiger partial charge in [0, 0.05) is 19.6 Å². The van der Waals surface area contributed by atoms with Crippen LogP contribution in [0.1, 0.15) is 5.56 Å². The lowest BCUT2D eigenvalue weighted by molar-refractivity contribution is 1.25. The van der Waals surface area contributed by atoms with Crippen LogP contribution in [0.2, 0.25) is 0 Å². The van der Waals surface area contributed by atoms with E-state index in [4.69, 9.17) is 0 Å². The quantitative estimate of drug-likeness (QED) is 0.312. The molecule has 26 heavy (non-hydrogen) atoms. The first-order chi connectivity index (χ1) is 12.8. The molecule has 0 saturated heterocycles.